The molecule has 2 N–H and O–H groups in total. The molecule has 0 bridgehead atoms. The van der Waals surface area contributed by atoms with Crippen LogP contribution in [-0.2, 0) is 0 Å². The summed E-state index contributed by atoms with van der Waals surface area (Å²) in [5.74, 6) is 0. The number of benzene rings is 4. The molecule has 0 saturated heterocycles. The number of hydrogen-bond acceptors (Lipinski definition) is 0. The molecule has 2 heteroatoms. The van der Waals surface area contributed by atoms with Crippen molar-refractivity contribution in [3.8, 4) is 22.3 Å². The molecule has 0 aliphatic heterocycles. The van der Waals surface area contributed by atoms with Gasteiger partial charge >= 0.3 is 29.6 Å². The molecular weight excluding hydrogens is 327 g/mol. The van der Waals surface area contributed by atoms with Crippen molar-refractivity contribution >= 4 is 29.6 Å². The van der Waals surface area contributed by atoms with Gasteiger partial charge in [-0.25, -0.2) is 0 Å². The van der Waals surface area contributed by atoms with Gasteiger partial charge in [-0.2, -0.15) is 0 Å². The molecule has 0 unspecified atom stereocenters. The zero-order chi connectivity index (χ0) is 16.5. The van der Waals surface area contributed by atoms with E-state index in [4.69, 9.17) is 0 Å². The summed E-state index contributed by atoms with van der Waals surface area (Å²) in [6, 6.07) is 41.6. The molecule has 0 heterocycles. The van der Waals surface area contributed by atoms with E-state index in [1.807, 2.05) is 24.3 Å². The SMILES string of the molecule is O.[NaH].c1ccc(-c2ccccc2)cc1.c1ccc(-c2ccccc2)cc1. The molecule has 1 nitrogen and oxygen atoms in total. The average molecular weight is 350 g/mol. The smallest absolute Gasteiger partial charge is 0.0184 e. The maximum atomic E-state index is 2.12. The van der Waals surface area contributed by atoms with E-state index in [9.17, 15) is 0 Å². The Bertz CT molecular complexity index is 682. The summed E-state index contributed by atoms with van der Waals surface area (Å²) in [4.78, 5) is 0. The first-order valence-corrected chi connectivity index (χ1v) is 8.14. The summed E-state index contributed by atoms with van der Waals surface area (Å²) in [6.45, 7) is 0. The zero-order valence-electron chi connectivity index (χ0n) is 14.0. The largest absolute Gasteiger partial charge is 0.0622 e. The van der Waals surface area contributed by atoms with Crippen molar-refractivity contribution in [3.05, 3.63) is 121 Å². The van der Waals surface area contributed by atoms with Gasteiger partial charge in [0.15, 0.2) is 0 Å². The van der Waals surface area contributed by atoms with Crippen molar-refractivity contribution < 1.29 is 5.48 Å². The molecule has 0 amide bonds. The molecular formula is C24H23NaO. The third kappa shape index (κ3) is 6.62. The molecule has 0 atom stereocenters. The van der Waals surface area contributed by atoms with E-state index in [1.165, 1.54) is 22.3 Å². The van der Waals surface area contributed by atoms with E-state index < -0.39 is 0 Å². The average Bonchev–Trinajstić information content (AvgIpc) is 2.71. The van der Waals surface area contributed by atoms with Crippen molar-refractivity contribution in [1.29, 1.82) is 0 Å². The van der Waals surface area contributed by atoms with Crippen LogP contribution in [-0.4, -0.2) is 35.0 Å². The quantitative estimate of drug-likeness (QED) is 0.443. The molecule has 4 aromatic carbocycles. The zero-order valence-corrected chi connectivity index (χ0v) is 14.0. The van der Waals surface area contributed by atoms with Crippen molar-refractivity contribution in [2.45, 2.75) is 0 Å². The van der Waals surface area contributed by atoms with Gasteiger partial charge in [-0.15, -0.1) is 0 Å². The molecule has 0 saturated carbocycles. The summed E-state index contributed by atoms with van der Waals surface area (Å²) in [5.41, 5.74) is 5.10. The summed E-state index contributed by atoms with van der Waals surface area (Å²) in [7, 11) is 0. The summed E-state index contributed by atoms with van der Waals surface area (Å²) < 4.78 is 0. The second kappa shape index (κ2) is 12.2. The third-order valence-corrected chi connectivity index (χ3v) is 3.76. The van der Waals surface area contributed by atoms with E-state index in [1.54, 1.807) is 0 Å². The maximum absolute atomic E-state index is 2.12. The van der Waals surface area contributed by atoms with Gasteiger partial charge in [0.1, 0.15) is 0 Å². The van der Waals surface area contributed by atoms with Crippen LogP contribution >= 0.6 is 0 Å². The molecule has 0 aliphatic carbocycles. The first-order valence-electron chi connectivity index (χ1n) is 8.14. The Morgan fingerprint density at radius 2 is 0.423 bits per heavy atom. The standard InChI is InChI=1S/2C12H10.Na.H2O.H/c2*1-3-7-11(8-4-1)12-9-5-2-6-10-12;;;/h2*1-10H;;1H2;. The molecule has 0 fully saturated rings. The predicted octanol–water partition coefficient (Wildman–Crippen LogP) is 5.23. The Morgan fingerprint density at radius 3 is 0.577 bits per heavy atom. The fourth-order valence-corrected chi connectivity index (χ4v) is 2.52. The monoisotopic (exact) mass is 350 g/mol. The van der Waals surface area contributed by atoms with Gasteiger partial charge in [-0.05, 0) is 22.3 Å². The van der Waals surface area contributed by atoms with E-state index in [2.05, 4.69) is 97.1 Å². The van der Waals surface area contributed by atoms with Gasteiger partial charge in [0.05, 0.1) is 0 Å². The molecule has 4 rings (SSSR count). The van der Waals surface area contributed by atoms with Crippen LogP contribution in [0.2, 0.25) is 0 Å². The maximum Gasteiger partial charge on any atom is -0.0184 e. The summed E-state index contributed by atoms with van der Waals surface area (Å²) in [6.07, 6.45) is 0. The van der Waals surface area contributed by atoms with Crippen LogP contribution in [0.3, 0.4) is 0 Å². The predicted molar refractivity (Wildman–Crippen MR) is 115 cm³/mol. The Hall–Kier alpha value is -2.16. The van der Waals surface area contributed by atoms with Crippen LogP contribution in [0.4, 0.5) is 0 Å². The Kier molecular flexibility index (Phi) is 10.3. The Morgan fingerprint density at radius 1 is 0.269 bits per heavy atom. The van der Waals surface area contributed by atoms with Gasteiger partial charge < -0.3 is 5.48 Å². The summed E-state index contributed by atoms with van der Waals surface area (Å²) in [5, 5.41) is 0. The molecule has 126 valence electrons. The first-order chi connectivity index (χ1) is 11.9. The van der Waals surface area contributed by atoms with Crippen molar-refractivity contribution in [2.75, 3.05) is 0 Å². The van der Waals surface area contributed by atoms with Crippen LogP contribution in [0.1, 0.15) is 0 Å². The fraction of sp³-hybridized carbons (Fsp3) is 0. The van der Waals surface area contributed by atoms with Crippen LogP contribution in [0.25, 0.3) is 22.3 Å². The van der Waals surface area contributed by atoms with Gasteiger partial charge in [0, 0.05) is 0 Å². The van der Waals surface area contributed by atoms with Crippen LogP contribution < -0.4 is 0 Å². The number of hydrogen-bond donors (Lipinski definition) is 0. The van der Waals surface area contributed by atoms with Crippen LogP contribution in [0.15, 0.2) is 121 Å². The van der Waals surface area contributed by atoms with Crippen molar-refractivity contribution in [1.82, 2.24) is 0 Å². The minimum atomic E-state index is 0. The minimum Gasteiger partial charge on any atom is -0.0622 e. The molecule has 0 aliphatic rings. The number of rotatable bonds is 2. The Balaban J connectivity index is 0.000000241. The minimum absolute atomic E-state index is 0. The van der Waals surface area contributed by atoms with E-state index >= 15 is 0 Å². The van der Waals surface area contributed by atoms with Crippen molar-refractivity contribution in [3.63, 3.8) is 0 Å². The molecule has 0 spiro atoms. The third-order valence-electron chi connectivity index (χ3n) is 3.76. The topological polar surface area (TPSA) is 31.5 Å². The van der Waals surface area contributed by atoms with Crippen LogP contribution in [0.5, 0.6) is 0 Å². The van der Waals surface area contributed by atoms with Gasteiger partial charge in [-0.3, -0.25) is 0 Å². The first kappa shape index (κ1) is 21.9. The second-order valence-electron chi connectivity index (χ2n) is 5.46. The van der Waals surface area contributed by atoms with Crippen molar-refractivity contribution in [2.24, 2.45) is 0 Å². The van der Waals surface area contributed by atoms with E-state index in [0.717, 1.165) is 0 Å². The molecule has 0 radical (unpaired) electrons. The van der Waals surface area contributed by atoms with Crippen LogP contribution in [0, 0.1) is 0 Å². The van der Waals surface area contributed by atoms with Gasteiger partial charge in [-0.1, -0.05) is 121 Å². The Labute approximate surface area is 178 Å². The molecule has 26 heavy (non-hydrogen) atoms. The van der Waals surface area contributed by atoms with Gasteiger partial charge in [0.25, 0.3) is 0 Å². The molecule has 4 aromatic rings. The second-order valence-corrected chi connectivity index (χ2v) is 5.46. The van der Waals surface area contributed by atoms with E-state index in [0.29, 0.717) is 0 Å². The fourth-order valence-electron chi connectivity index (χ4n) is 2.52. The van der Waals surface area contributed by atoms with Gasteiger partial charge in [0.2, 0.25) is 0 Å². The van der Waals surface area contributed by atoms with E-state index in [-0.39, 0.29) is 35.0 Å². The molecule has 0 aromatic heterocycles. The normalized spacial score (nSPS) is 8.92. The summed E-state index contributed by atoms with van der Waals surface area (Å²) >= 11 is 0.